The summed E-state index contributed by atoms with van der Waals surface area (Å²) in [6, 6.07) is 5.18. The first-order valence-electron chi connectivity index (χ1n) is 5.94. The summed E-state index contributed by atoms with van der Waals surface area (Å²) >= 11 is 0. The van der Waals surface area contributed by atoms with Crippen LogP contribution >= 0.6 is 0 Å². The zero-order valence-corrected chi connectivity index (χ0v) is 11.5. The SMILES string of the molecule is CC(C)(C)C(NC(=O)O)C(=O)c1ccc(N=[N+]=[N-])cc1. The second-order valence-electron chi connectivity index (χ2n) is 5.35. The average Bonchev–Trinajstić information content (AvgIpc) is 2.35. The van der Waals surface area contributed by atoms with E-state index in [9.17, 15) is 9.59 Å². The number of azide groups is 1. The van der Waals surface area contributed by atoms with E-state index in [-0.39, 0.29) is 5.78 Å². The van der Waals surface area contributed by atoms with Crippen molar-refractivity contribution in [1.29, 1.82) is 0 Å². The van der Waals surface area contributed by atoms with E-state index in [2.05, 4.69) is 15.3 Å². The summed E-state index contributed by atoms with van der Waals surface area (Å²) in [7, 11) is 0. The first kappa shape index (κ1) is 15.5. The lowest BCUT2D eigenvalue weighted by atomic mass is 9.82. The summed E-state index contributed by atoms with van der Waals surface area (Å²) in [6.45, 7) is 5.33. The van der Waals surface area contributed by atoms with Crippen LogP contribution < -0.4 is 5.32 Å². The van der Waals surface area contributed by atoms with E-state index in [0.29, 0.717) is 11.3 Å². The third kappa shape index (κ3) is 4.00. The number of carbonyl (C=O) groups is 2. The molecule has 0 bridgehead atoms. The van der Waals surface area contributed by atoms with Gasteiger partial charge in [-0.1, -0.05) is 50.2 Å². The highest BCUT2D eigenvalue weighted by atomic mass is 16.4. The number of nitrogens with one attached hydrogen (secondary N) is 1. The van der Waals surface area contributed by atoms with Gasteiger partial charge in [0.15, 0.2) is 5.78 Å². The fourth-order valence-electron chi connectivity index (χ4n) is 1.71. The van der Waals surface area contributed by atoms with Gasteiger partial charge in [-0.15, -0.1) is 0 Å². The Kier molecular flexibility index (Phi) is 4.72. The summed E-state index contributed by atoms with van der Waals surface area (Å²) in [4.78, 5) is 25.8. The van der Waals surface area contributed by atoms with Crippen molar-refractivity contribution in [3.05, 3.63) is 40.3 Å². The maximum absolute atomic E-state index is 12.4. The Morgan fingerprint density at radius 1 is 1.30 bits per heavy atom. The van der Waals surface area contributed by atoms with Crippen LogP contribution in [0, 0.1) is 5.41 Å². The van der Waals surface area contributed by atoms with Crippen molar-refractivity contribution in [1.82, 2.24) is 5.32 Å². The van der Waals surface area contributed by atoms with Crippen LogP contribution in [0.1, 0.15) is 31.1 Å². The summed E-state index contributed by atoms with van der Waals surface area (Å²) in [6.07, 6.45) is -1.25. The Morgan fingerprint density at radius 3 is 2.25 bits per heavy atom. The quantitative estimate of drug-likeness (QED) is 0.379. The lowest BCUT2D eigenvalue weighted by molar-refractivity contribution is 0.0857. The van der Waals surface area contributed by atoms with Gasteiger partial charge in [0, 0.05) is 16.2 Å². The summed E-state index contributed by atoms with van der Waals surface area (Å²) in [5.41, 5.74) is 8.50. The van der Waals surface area contributed by atoms with Gasteiger partial charge in [-0.3, -0.25) is 4.79 Å². The molecule has 0 saturated heterocycles. The number of nitrogens with zero attached hydrogens (tertiary/aromatic N) is 3. The number of hydrogen-bond acceptors (Lipinski definition) is 3. The molecule has 1 atom stereocenters. The Labute approximate surface area is 116 Å². The highest BCUT2D eigenvalue weighted by Crippen LogP contribution is 2.24. The monoisotopic (exact) mass is 276 g/mol. The molecule has 7 heteroatoms. The molecule has 1 rings (SSSR count). The lowest BCUT2D eigenvalue weighted by Crippen LogP contribution is -2.48. The molecular weight excluding hydrogens is 260 g/mol. The number of benzene rings is 1. The minimum atomic E-state index is -1.25. The van der Waals surface area contributed by atoms with E-state index in [4.69, 9.17) is 10.6 Å². The standard InChI is InChI=1S/C13H16N4O3/c1-13(2,3)11(15-12(19)20)10(18)8-4-6-9(7-5-8)16-17-14/h4-7,11,15H,1-3H3,(H,19,20). The highest BCUT2D eigenvalue weighted by molar-refractivity contribution is 6.02. The van der Waals surface area contributed by atoms with Gasteiger partial charge in [0.05, 0.1) is 0 Å². The number of hydrogen-bond donors (Lipinski definition) is 2. The van der Waals surface area contributed by atoms with Crippen LogP contribution in [0.3, 0.4) is 0 Å². The van der Waals surface area contributed by atoms with Crippen LogP contribution in [-0.2, 0) is 0 Å². The largest absolute Gasteiger partial charge is 0.465 e. The van der Waals surface area contributed by atoms with Crippen molar-refractivity contribution in [3.8, 4) is 0 Å². The third-order valence-electron chi connectivity index (χ3n) is 2.71. The van der Waals surface area contributed by atoms with Crippen molar-refractivity contribution in [3.63, 3.8) is 0 Å². The zero-order valence-electron chi connectivity index (χ0n) is 11.5. The van der Waals surface area contributed by atoms with E-state index in [1.165, 1.54) is 24.3 Å². The predicted octanol–water partition coefficient (Wildman–Crippen LogP) is 3.49. The smallest absolute Gasteiger partial charge is 0.405 e. The zero-order chi connectivity index (χ0) is 15.3. The topological polar surface area (TPSA) is 115 Å². The van der Waals surface area contributed by atoms with Gasteiger partial charge in [0.25, 0.3) is 0 Å². The maximum Gasteiger partial charge on any atom is 0.405 e. The molecule has 0 aromatic heterocycles. The first-order chi connectivity index (χ1) is 9.25. The van der Waals surface area contributed by atoms with Crippen molar-refractivity contribution >= 4 is 17.6 Å². The highest BCUT2D eigenvalue weighted by Gasteiger charge is 2.33. The van der Waals surface area contributed by atoms with Crippen LogP contribution in [0.15, 0.2) is 29.4 Å². The molecule has 20 heavy (non-hydrogen) atoms. The van der Waals surface area contributed by atoms with Gasteiger partial charge in [0.2, 0.25) is 0 Å². The van der Waals surface area contributed by atoms with Gasteiger partial charge >= 0.3 is 6.09 Å². The van der Waals surface area contributed by atoms with Crippen LogP contribution in [-0.4, -0.2) is 23.0 Å². The molecule has 106 valence electrons. The number of rotatable bonds is 4. The van der Waals surface area contributed by atoms with Gasteiger partial charge in [0.1, 0.15) is 6.04 Å². The van der Waals surface area contributed by atoms with Crippen molar-refractivity contribution in [2.75, 3.05) is 0 Å². The predicted molar refractivity (Wildman–Crippen MR) is 74.0 cm³/mol. The van der Waals surface area contributed by atoms with Crippen LogP contribution in [0.2, 0.25) is 0 Å². The van der Waals surface area contributed by atoms with Crippen molar-refractivity contribution in [2.24, 2.45) is 10.5 Å². The molecule has 1 amide bonds. The first-order valence-corrected chi connectivity index (χ1v) is 5.94. The Balaban J connectivity index is 3.05. The second kappa shape index (κ2) is 6.08. The maximum atomic E-state index is 12.4. The van der Waals surface area contributed by atoms with Crippen LogP contribution in [0.4, 0.5) is 10.5 Å². The molecule has 0 aliphatic carbocycles. The van der Waals surface area contributed by atoms with Gasteiger partial charge in [-0.25, -0.2) is 4.79 Å². The van der Waals surface area contributed by atoms with Gasteiger partial charge in [-0.2, -0.15) is 0 Å². The fourth-order valence-corrected chi connectivity index (χ4v) is 1.71. The molecule has 0 spiro atoms. The fraction of sp³-hybridized carbons (Fsp3) is 0.385. The van der Waals surface area contributed by atoms with E-state index in [0.717, 1.165) is 0 Å². The van der Waals surface area contributed by atoms with Gasteiger partial charge < -0.3 is 10.4 Å². The summed E-state index contributed by atoms with van der Waals surface area (Å²) in [5.74, 6) is -0.326. The Hall–Kier alpha value is -2.53. The van der Waals surface area contributed by atoms with Crippen molar-refractivity contribution < 1.29 is 14.7 Å². The molecule has 0 aliphatic rings. The molecule has 0 saturated carbocycles. The lowest BCUT2D eigenvalue weighted by Gasteiger charge is -2.29. The van der Waals surface area contributed by atoms with E-state index in [1.807, 2.05) is 0 Å². The second-order valence-corrected chi connectivity index (χ2v) is 5.35. The summed E-state index contributed by atoms with van der Waals surface area (Å²) in [5, 5.41) is 14.5. The molecule has 1 unspecified atom stereocenters. The van der Waals surface area contributed by atoms with E-state index in [1.54, 1.807) is 20.8 Å². The van der Waals surface area contributed by atoms with E-state index >= 15 is 0 Å². The minimum absolute atomic E-state index is 0.326. The molecule has 0 fully saturated rings. The average molecular weight is 276 g/mol. The minimum Gasteiger partial charge on any atom is -0.465 e. The number of ketones is 1. The normalized spacial score (nSPS) is 12.2. The number of Topliss-reactive ketones (excluding diaryl/α,β-unsaturated/α-hetero) is 1. The van der Waals surface area contributed by atoms with Crippen LogP contribution in [0.5, 0.6) is 0 Å². The number of carboxylic acid groups (broad SMARTS) is 1. The third-order valence-corrected chi connectivity index (χ3v) is 2.71. The molecule has 7 nitrogen and oxygen atoms in total. The molecule has 0 radical (unpaired) electrons. The molecule has 1 aromatic carbocycles. The number of carbonyl (C=O) groups excluding carboxylic acids is 1. The summed E-state index contributed by atoms with van der Waals surface area (Å²) < 4.78 is 0. The molecular formula is C13H16N4O3. The Bertz CT molecular complexity index is 554. The van der Waals surface area contributed by atoms with E-state index < -0.39 is 17.6 Å². The van der Waals surface area contributed by atoms with Gasteiger partial charge in [-0.05, 0) is 10.9 Å². The number of amides is 1. The van der Waals surface area contributed by atoms with Crippen LogP contribution in [0.25, 0.3) is 10.4 Å². The Morgan fingerprint density at radius 2 is 1.85 bits per heavy atom. The molecule has 1 aromatic rings. The molecule has 2 N–H and O–H groups in total. The van der Waals surface area contributed by atoms with Crippen molar-refractivity contribution in [2.45, 2.75) is 26.8 Å². The molecule has 0 aliphatic heterocycles. The molecule has 0 heterocycles.